The Bertz CT molecular complexity index is 871. The average Bonchev–Trinajstić information content (AvgIpc) is 3.09. The number of methoxy groups -OCH3 is 1. The summed E-state index contributed by atoms with van der Waals surface area (Å²) in [5.41, 5.74) is 3.35. The van der Waals surface area contributed by atoms with Crippen molar-refractivity contribution in [3.63, 3.8) is 0 Å². The number of nitrogens with one attached hydrogen (secondary N) is 3. The first-order chi connectivity index (χ1) is 12.8. The number of aliphatic imine (C=N–C) groups is 1. The molecule has 1 aromatic carbocycles. The SMILES string of the molecule is CCNC(=NCc1cccc(OC)n1)NCCc1c[nH]c2ccccc12. The maximum atomic E-state index is 5.16. The van der Waals surface area contributed by atoms with Crippen molar-refractivity contribution in [1.82, 2.24) is 20.6 Å². The van der Waals surface area contributed by atoms with Gasteiger partial charge in [0.05, 0.1) is 19.3 Å². The molecule has 136 valence electrons. The number of fused-ring (bicyclic) bond motifs is 1. The number of nitrogens with zero attached hydrogens (tertiary/aromatic N) is 2. The Morgan fingerprint density at radius 2 is 2.04 bits per heavy atom. The molecule has 0 radical (unpaired) electrons. The van der Waals surface area contributed by atoms with Crippen LogP contribution in [0.2, 0.25) is 0 Å². The van der Waals surface area contributed by atoms with Gasteiger partial charge in [0.25, 0.3) is 0 Å². The van der Waals surface area contributed by atoms with Crippen LogP contribution >= 0.6 is 0 Å². The molecule has 0 unspecified atom stereocenters. The number of aromatic amines is 1. The van der Waals surface area contributed by atoms with Crippen molar-refractivity contribution in [3.05, 3.63) is 59.9 Å². The van der Waals surface area contributed by atoms with E-state index in [4.69, 9.17) is 4.74 Å². The number of H-pyrrole nitrogens is 1. The van der Waals surface area contributed by atoms with Crippen LogP contribution in [-0.4, -0.2) is 36.1 Å². The van der Waals surface area contributed by atoms with Gasteiger partial charge in [-0.2, -0.15) is 0 Å². The summed E-state index contributed by atoms with van der Waals surface area (Å²) in [5, 5.41) is 7.93. The Morgan fingerprint density at radius 1 is 1.15 bits per heavy atom. The van der Waals surface area contributed by atoms with E-state index in [9.17, 15) is 0 Å². The third-order valence-corrected chi connectivity index (χ3v) is 4.10. The van der Waals surface area contributed by atoms with E-state index < -0.39 is 0 Å². The molecule has 0 atom stereocenters. The van der Waals surface area contributed by atoms with Crippen LogP contribution in [-0.2, 0) is 13.0 Å². The maximum Gasteiger partial charge on any atom is 0.213 e. The van der Waals surface area contributed by atoms with E-state index >= 15 is 0 Å². The fourth-order valence-electron chi connectivity index (χ4n) is 2.82. The summed E-state index contributed by atoms with van der Waals surface area (Å²) < 4.78 is 5.16. The van der Waals surface area contributed by atoms with Crippen LogP contribution in [0.3, 0.4) is 0 Å². The number of hydrogen-bond acceptors (Lipinski definition) is 3. The minimum Gasteiger partial charge on any atom is -0.481 e. The highest BCUT2D eigenvalue weighted by Crippen LogP contribution is 2.17. The Balaban J connectivity index is 1.59. The first-order valence-electron chi connectivity index (χ1n) is 8.87. The first-order valence-corrected chi connectivity index (χ1v) is 8.87. The summed E-state index contributed by atoms with van der Waals surface area (Å²) >= 11 is 0. The zero-order chi connectivity index (χ0) is 18.2. The molecule has 3 aromatic rings. The second-order valence-corrected chi connectivity index (χ2v) is 5.90. The van der Waals surface area contributed by atoms with Crippen LogP contribution in [0.25, 0.3) is 10.9 Å². The fourth-order valence-corrected chi connectivity index (χ4v) is 2.82. The molecule has 3 N–H and O–H groups in total. The van der Waals surface area contributed by atoms with Gasteiger partial charge in [-0.25, -0.2) is 9.98 Å². The molecule has 0 saturated heterocycles. The third kappa shape index (κ3) is 4.53. The van der Waals surface area contributed by atoms with E-state index in [-0.39, 0.29) is 0 Å². The quantitative estimate of drug-likeness (QED) is 0.452. The number of ether oxygens (including phenoxy) is 1. The number of rotatable bonds is 7. The molecule has 3 rings (SSSR count). The number of aromatic nitrogens is 2. The van der Waals surface area contributed by atoms with Gasteiger partial charge in [0.2, 0.25) is 5.88 Å². The van der Waals surface area contributed by atoms with E-state index in [2.05, 4.69) is 56.9 Å². The predicted octanol–water partition coefficient (Wildman–Crippen LogP) is 2.87. The average molecular weight is 351 g/mol. The lowest BCUT2D eigenvalue weighted by molar-refractivity contribution is 0.396. The Kier molecular flexibility index (Phi) is 6.09. The van der Waals surface area contributed by atoms with E-state index in [0.29, 0.717) is 12.4 Å². The molecule has 6 nitrogen and oxygen atoms in total. The topological polar surface area (TPSA) is 74.3 Å². The molecule has 26 heavy (non-hydrogen) atoms. The summed E-state index contributed by atoms with van der Waals surface area (Å²) in [4.78, 5) is 12.3. The second kappa shape index (κ2) is 8.89. The third-order valence-electron chi connectivity index (χ3n) is 4.10. The largest absolute Gasteiger partial charge is 0.481 e. The summed E-state index contributed by atoms with van der Waals surface area (Å²) in [7, 11) is 1.62. The summed E-state index contributed by atoms with van der Waals surface area (Å²) in [6.07, 6.45) is 3.00. The standard InChI is InChI=1S/C20H25N5O/c1-3-21-20(24-14-16-7-6-10-19(25-16)26-2)22-12-11-15-13-23-18-9-5-4-8-17(15)18/h4-10,13,23H,3,11-12,14H2,1-2H3,(H2,21,22,24). The Labute approximate surface area is 153 Å². The zero-order valence-corrected chi connectivity index (χ0v) is 15.2. The molecule has 0 aliphatic rings. The van der Waals surface area contributed by atoms with Crippen LogP contribution in [0, 0.1) is 0 Å². The molecule has 0 spiro atoms. The van der Waals surface area contributed by atoms with Crippen molar-refractivity contribution in [1.29, 1.82) is 0 Å². The molecule has 2 heterocycles. The van der Waals surface area contributed by atoms with Crippen LogP contribution < -0.4 is 15.4 Å². The maximum absolute atomic E-state index is 5.16. The molecular formula is C20H25N5O. The molecule has 0 aliphatic carbocycles. The Hall–Kier alpha value is -3.02. The summed E-state index contributed by atoms with van der Waals surface area (Å²) in [6.45, 7) is 4.17. The molecule has 0 fully saturated rings. The van der Waals surface area contributed by atoms with Crippen LogP contribution in [0.1, 0.15) is 18.2 Å². The monoisotopic (exact) mass is 351 g/mol. The van der Waals surface area contributed by atoms with Crippen molar-refractivity contribution in [3.8, 4) is 5.88 Å². The fraction of sp³-hybridized carbons (Fsp3) is 0.300. The highest BCUT2D eigenvalue weighted by molar-refractivity contribution is 5.83. The smallest absolute Gasteiger partial charge is 0.213 e. The van der Waals surface area contributed by atoms with Gasteiger partial charge in [-0.1, -0.05) is 24.3 Å². The van der Waals surface area contributed by atoms with Crippen LogP contribution in [0.5, 0.6) is 5.88 Å². The second-order valence-electron chi connectivity index (χ2n) is 5.90. The molecule has 0 aliphatic heterocycles. The minimum absolute atomic E-state index is 0.500. The van der Waals surface area contributed by atoms with Crippen LogP contribution in [0.15, 0.2) is 53.7 Å². The lowest BCUT2D eigenvalue weighted by atomic mass is 10.1. The van der Waals surface area contributed by atoms with E-state index in [1.165, 1.54) is 16.5 Å². The van der Waals surface area contributed by atoms with Crippen molar-refractivity contribution in [2.75, 3.05) is 20.2 Å². The number of hydrogen-bond donors (Lipinski definition) is 3. The number of guanidine groups is 1. The van der Waals surface area contributed by atoms with Crippen molar-refractivity contribution in [2.45, 2.75) is 19.9 Å². The summed E-state index contributed by atoms with van der Waals surface area (Å²) in [6, 6.07) is 14.1. The lowest BCUT2D eigenvalue weighted by Gasteiger charge is -2.11. The number of para-hydroxylation sites is 1. The van der Waals surface area contributed by atoms with Gasteiger partial charge in [-0.15, -0.1) is 0 Å². The minimum atomic E-state index is 0.500. The molecule has 0 saturated carbocycles. The summed E-state index contributed by atoms with van der Waals surface area (Å²) in [5.74, 6) is 1.40. The Morgan fingerprint density at radius 3 is 2.88 bits per heavy atom. The van der Waals surface area contributed by atoms with Gasteiger partial charge in [0.1, 0.15) is 0 Å². The molecular weight excluding hydrogens is 326 g/mol. The molecule has 2 aromatic heterocycles. The van der Waals surface area contributed by atoms with Gasteiger partial charge in [-0.3, -0.25) is 0 Å². The van der Waals surface area contributed by atoms with Gasteiger partial charge in [-0.05, 0) is 31.0 Å². The number of pyridine rings is 1. The molecule has 0 amide bonds. The highest BCUT2D eigenvalue weighted by atomic mass is 16.5. The van der Waals surface area contributed by atoms with Crippen LogP contribution in [0.4, 0.5) is 0 Å². The van der Waals surface area contributed by atoms with Gasteiger partial charge in [0, 0.05) is 36.3 Å². The van der Waals surface area contributed by atoms with E-state index in [1.807, 2.05) is 24.3 Å². The zero-order valence-electron chi connectivity index (χ0n) is 15.2. The first kappa shape index (κ1) is 17.8. The highest BCUT2D eigenvalue weighted by Gasteiger charge is 2.04. The van der Waals surface area contributed by atoms with E-state index in [0.717, 1.165) is 31.2 Å². The predicted molar refractivity (Wildman–Crippen MR) is 106 cm³/mol. The van der Waals surface area contributed by atoms with E-state index in [1.54, 1.807) is 7.11 Å². The molecule has 6 heteroatoms. The van der Waals surface area contributed by atoms with Crippen molar-refractivity contribution in [2.24, 2.45) is 4.99 Å². The van der Waals surface area contributed by atoms with Crippen molar-refractivity contribution < 1.29 is 4.74 Å². The van der Waals surface area contributed by atoms with Crippen molar-refractivity contribution >= 4 is 16.9 Å². The molecule has 0 bridgehead atoms. The van der Waals surface area contributed by atoms with Gasteiger partial charge in [0.15, 0.2) is 5.96 Å². The van der Waals surface area contributed by atoms with Gasteiger partial charge >= 0.3 is 0 Å². The normalized spacial score (nSPS) is 11.5. The lowest BCUT2D eigenvalue weighted by Crippen LogP contribution is -2.38. The van der Waals surface area contributed by atoms with Gasteiger partial charge < -0.3 is 20.4 Å². The number of benzene rings is 1.